The fourth-order valence-corrected chi connectivity index (χ4v) is 4.39. The number of ether oxygens (including phenoxy) is 2. The van der Waals surface area contributed by atoms with Gasteiger partial charge in [0.05, 0.1) is 19.0 Å². The summed E-state index contributed by atoms with van der Waals surface area (Å²) in [5.41, 5.74) is 0.343. The first-order valence-corrected chi connectivity index (χ1v) is 10.5. The van der Waals surface area contributed by atoms with Gasteiger partial charge < -0.3 is 9.47 Å². The second-order valence-corrected chi connectivity index (χ2v) is 8.86. The summed E-state index contributed by atoms with van der Waals surface area (Å²) < 4.78 is 50.8. The molecule has 0 spiro atoms. The molecule has 1 aliphatic rings. The maximum absolute atomic E-state index is 14.3. The molecule has 6 nitrogen and oxygen atoms in total. The van der Waals surface area contributed by atoms with E-state index in [2.05, 4.69) is 5.10 Å². The van der Waals surface area contributed by atoms with Gasteiger partial charge in [0, 0.05) is 36.7 Å². The van der Waals surface area contributed by atoms with E-state index in [0.717, 1.165) is 0 Å². The van der Waals surface area contributed by atoms with E-state index < -0.39 is 15.7 Å². The molecule has 1 aliphatic heterocycles. The summed E-state index contributed by atoms with van der Waals surface area (Å²) in [4.78, 5) is 0. The summed E-state index contributed by atoms with van der Waals surface area (Å²) in [5, 5.41) is 4.01. The lowest BCUT2D eigenvalue weighted by molar-refractivity contribution is 0.00445. The molecule has 1 aromatic heterocycles. The minimum Gasteiger partial charge on any atom is -0.493 e. The van der Waals surface area contributed by atoms with Crippen LogP contribution in [0.25, 0.3) is 5.69 Å². The molecule has 0 bridgehead atoms. The number of halogens is 1. The summed E-state index contributed by atoms with van der Waals surface area (Å²) in [5.74, 6) is 0.226. The summed E-state index contributed by atoms with van der Waals surface area (Å²) in [7, 11) is -3.05. The molecule has 2 atom stereocenters. The maximum Gasteiger partial charge on any atom is 0.152 e. The van der Waals surface area contributed by atoms with Crippen molar-refractivity contribution < 1.29 is 22.3 Å². The first kappa shape index (κ1) is 18.8. The van der Waals surface area contributed by atoms with Gasteiger partial charge in [-0.05, 0) is 30.5 Å². The van der Waals surface area contributed by atoms with Gasteiger partial charge >= 0.3 is 0 Å². The van der Waals surface area contributed by atoms with Crippen LogP contribution in [0.3, 0.4) is 0 Å². The van der Waals surface area contributed by atoms with Crippen LogP contribution in [-0.4, -0.2) is 49.5 Å². The van der Waals surface area contributed by atoms with Crippen molar-refractivity contribution in [3.8, 4) is 11.4 Å². The summed E-state index contributed by atoms with van der Waals surface area (Å²) in [6, 6.07) is 6.32. The van der Waals surface area contributed by atoms with Gasteiger partial charge in [-0.15, -0.1) is 0 Å². The molecular formula is C18H23FN2O4S. The average molecular weight is 382 g/mol. The van der Waals surface area contributed by atoms with Crippen LogP contribution < -0.4 is 4.74 Å². The van der Waals surface area contributed by atoms with Gasteiger partial charge in [0.2, 0.25) is 0 Å². The van der Waals surface area contributed by atoms with Gasteiger partial charge in [-0.1, -0.05) is 6.92 Å². The molecule has 0 aliphatic carbocycles. The van der Waals surface area contributed by atoms with Gasteiger partial charge in [0.1, 0.15) is 21.3 Å². The monoisotopic (exact) mass is 382 g/mol. The third-order valence-corrected chi connectivity index (χ3v) is 6.49. The largest absolute Gasteiger partial charge is 0.493 e. The highest BCUT2D eigenvalue weighted by atomic mass is 32.2. The lowest BCUT2D eigenvalue weighted by atomic mass is 9.91. The van der Waals surface area contributed by atoms with Crippen LogP contribution >= 0.6 is 0 Å². The molecule has 3 rings (SSSR count). The minimum atomic E-state index is -3.05. The smallest absolute Gasteiger partial charge is 0.152 e. The Kier molecular flexibility index (Phi) is 5.93. The molecule has 0 amide bonds. The SMILES string of the molecule is CCS(=O)(=O)C[C@H]1CCOC[C@@H]1COc1ccc(-n2cccn2)c(F)c1. The van der Waals surface area contributed by atoms with Crippen molar-refractivity contribution in [2.45, 2.75) is 13.3 Å². The van der Waals surface area contributed by atoms with E-state index in [4.69, 9.17) is 9.47 Å². The molecule has 26 heavy (non-hydrogen) atoms. The van der Waals surface area contributed by atoms with Crippen LogP contribution in [-0.2, 0) is 14.6 Å². The zero-order valence-electron chi connectivity index (χ0n) is 14.7. The molecule has 1 fully saturated rings. The van der Waals surface area contributed by atoms with Crippen LogP contribution in [0, 0.1) is 17.7 Å². The molecule has 2 heterocycles. The summed E-state index contributed by atoms with van der Waals surface area (Å²) >= 11 is 0. The number of benzene rings is 1. The van der Waals surface area contributed by atoms with Crippen LogP contribution in [0.1, 0.15) is 13.3 Å². The number of nitrogens with zero attached hydrogens (tertiary/aromatic N) is 2. The Morgan fingerprint density at radius 1 is 1.38 bits per heavy atom. The fourth-order valence-electron chi connectivity index (χ4n) is 3.07. The minimum absolute atomic E-state index is 0.00175. The Labute approximate surface area is 152 Å². The van der Waals surface area contributed by atoms with Crippen LogP contribution in [0.15, 0.2) is 36.7 Å². The molecule has 0 N–H and O–H groups in total. The van der Waals surface area contributed by atoms with Crippen molar-refractivity contribution in [1.82, 2.24) is 9.78 Å². The molecule has 142 valence electrons. The Balaban J connectivity index is 1.64. The first-order valence-electron chi connectivity index (χ1n) is 8.69. The second kappa shape index (κ2) is 8.18. The van der Waals surface area contributed by atoms with E-state index in [9.17, 15) is 12.8 Å². The van der Waals surface area contributed by atoms with Crippen molar-refractivity contribution in [1.29, 1.82) is 0 Å². The van der Waals surface area contributed by atoms with Gasteiger partial charge in [-0.25, -0.2) is 17.5 Å². The molecule has 0 saturated carbocycles. The number of hydrogen-bond acceptors (Lipinski definition) is 5. The first-order chi connectivity index (χ1) is 12.5. The zero-order valence-corrected chi connectivity index (χ0v) is 15.5. The topological polar surface area (TPSA) is 70.4 Å². The summed E-state index contributed by atoms with van der Waals surface area (Å²) in [6.45, 7) is 2.97. The highest BCUT2D eigenvalue weighted by Gasteiger charge is 2.30. The molecule has 0 radical (unpaired) electrons. The fraction of sp³-hybridized carbons (Fsp3) is 0.500. The van der Waals surface area contributed by atoms with E-state index >= 15 is 0 Å². The van der Waals surface area contributed by atoms with Crippen molar-refractivity contribution in [2.75, 3.05) is 31.3 Å². The normalized spacial score (nSPS) is 20.8. The van der Waals surface area contributed by atoms with Gasteiger partial charge in [-0.2, -0.15) is 5.10 Å². The lowest BCUT2D eigenvalue weighted by Gasteiger charge is -2.31. The lowest BCUT2D eigenvalue weighted by Crippen LogP contribution is -2.36. The number of sulfone groups is 1. The van der Waals surface area contributed by atoms with Crippen molar-refractivity contribution >= 4 is 9.84 Å². The molecular weight excluding hydrogens is 359 g/mol. The van der Waals surface area contributed by atoms with Crippen LogP contribution in [0.2, 0.25) is 0 Å². The second-order valence-electron chi connectivity index (χ2n) is 6.46. The zero-order chi connectivity index (χ0) is 18.6. The summed E-state index contributed by atoms with van der Waals surface area (Å²) in [6.07, 6.45) is 3.94. The number of hydrogen-bond donors (Lipinski definition) is 0. The average Bonchev–Trinajstić information content (AvgIpc) is 3.15. The van der Waals surface area contributed by atoms with Crippen molar-refractivity contribution in [3.63, 3.8) is 0 Å². The predicted octanol–water partition coefficient (Wildman–Crippen LogP) is 2.48. The Hall–Kier alpha value is -1.93. The van der Waals surface area contributed by atoms with Crippen LogP contribution in [0.4, 0.5) is 4.39 Å². The Morgan fingerprint density at radius 2 is 2.23 bits per heavy atom. The molecule has 8 heteroatoms. The number of aromatic nitrogens is 2. The van der Waals surface area contributed by atoms with E-state index in [1.54, 1.807) is 37.5 Å². The van der Waals surface area contributed by atoms with Gasteiger partial charge in [0.15, 0.2) is 5.82 Å². The standard InChI is InChI=1S/C18H23FN2O4S/c1-2-26(22,23)13-14-6-9-24-11-15(14)12-25-16-4-5-18(17(19)10-16)21-8-3-7-20-21/h3-5,7-8,10,14-15H,2,6,9,11-13H2,1H3/t14-,15-/m1/s1. The van der Waals surface area contributed by atoms with Crippen LogP contribution in [0.5, 0.6) is 5.75 Å². The molecule has 1 saturated heterocycles. The number of rotatable bonds is 7. The molecule has 2 aromatic rings. The third kappa shape index (κ3) is 4.62. The molecule has 1 aromatic carbocycles. The van der Waals surface area contributed by atoms with Gasteiger partial charge in [-0.3, -0.25) is 0 Å². The third-order valence-electron chi connectivity index (χ3n) is 4.67. The predicted molar refractivity (Wildman–Crippen MR) is 95.8 cm³/mol. The maximum atomic E-state index is 14.3. The van der Waals surface area contributed by atoms with Crippen molar-refractivity contribution in [3.05, 3.63) is 42.5 Å². The van der Waals surface area contributed by atoms with E-state index in [-0.39, 0.29) is 23.3 Å². The van der Waals surface area contributed by atoms with E-state index in [1.807, 2.05) is 0 Å². The highest BCUT2D eigenvalue weighted by Crippen LogP contribution is 2.26. The molecule has 0 unspecified atom stereocenters. The van der Waals surface area contributed by atoms with E-state index in [0.29, 0.717) is 37.7 Å². The van der Waals surface area contributed by atoms with E-state index in [1.165, 1.54) is 10.7 Å². The quantitative estimate of drug-likeness (QED) is 0.736. The van der Waals surface area contributed by atoms with Crippen molar-refractivity contribution in [2.24, 2.45) is 11.8 Å². The Morgan fingerprint density at radius 3 is 2.92 bits per heavy atom. The Bertz CT molecular complexity index is 824. The highest BCUT2D eigenvalue weighted by molar-refractivity contribution is 7.91. The van der Waals surface area contributed by atoms with Gasteiger partial charge in [0.25, 0.3) is 0 Å².